The van der Waals surface area contributed by atoms with Crippen LogP contribution in [0.15, 0.2) is 48.5 Å². The zero-order valence-corrected chi connectivity index (χ0v) is 15.0. The number of carbonyl (C=O) groups excluding carboxylic acids is 1. The smallest absolute Gasteiger partial charge is 0.255 e. The topological polar surface area (TPSA) is 38.3 Å². The number of amides is 1. The molecule has 24 heavy (non-hydrogen) atoms. The van der Waals surface area contributed by atoms with Crippen LogP contribution >= 0.6 is 0 Å². The molecule has 0 aliphatic rings. The first kappa shape index (κ1) is 18.1. The van der Waals surface area contributed by atoms with Gasteiger partial charge in [-0.1, -0.05) is 52.0 Å². The summed E-state index contributed by atoms with van der Waals surface area (Å²) in [7, 11) is 0. The van der Waals surface area contributed by atoms with Crippen molar-refractivity contribution in [2.24, 2.45) is 5.92 Å². The van der Waals surface area contributed by atoms with Crippen LogP contribution in [0.25, 0.3) is 0 Å². The van der Waals surface area contributed by atoms with Gasteiger partial charge >= 0.3 is 0 Å². The fourth-order valence-corrected chi connectivity index (χ4v) is 2.44. The molecule has 0 bridgehead atoms. The van der Waals surface area contributed by atoms with Crippen LogP contribution < -0.4 is 10.1 Å². The van der Waals surface area contributed by atoms with Crippen LogP contribution in [-0.4, -0.2) is 12.5 Å². The number of hydrogen-bond donors (Lipinski definition) is 1. The van der Waals surface area contributed by atoms with Gasteiger partial charge in [-0.3, -0.25) is 4.79 Å². The summed E-state index contributed by atoms with van der Waals surface area (Å²) in [6.07, 6.45) is 1.03. The molecule has 2 aromatic carbocycles. The van der Waals surface area contributed by atoms with Crippen LogP contribution in [0.2, 0.25) is 0 Å². The molecule has 1 amide bonds. The number of rotatable bonds is 7. The minimum atomic E-state index is -0.110. The van der Waals surface area contributed by atoms with E-state index in [1.165, 1.54) is 5.56 Å². The molecule has 3 heteroatoms. The van der Waals surface area contributed by atoms with E-state index in [1.54, 1.807) is 6.07 Å². The summed E-state index contributed by atoms with van der Waals surface area (Å²) in [5.74, 6) is 1.47. The molecule has 0 radical (unpaired) electrons. The van der Waals surface area contributed by atoms with Gasteiger partial charge in [0.25, 0.3) is 5.91 Å². The van der Waals surface area contributed by atoms with Crippen LogP contribution in [0.4, 0.5) is 5.69 Å². The third-order valence-electron chi connectivity index (χ3n) is 4.03. The first-order valence-corrected chi connectivity index (χ1v) is 8.64. The Morgan fingerprint density at radius 1 is 1.08 bits per heavy atom. The van der Waals surface area contributed by atoms with Gasteiger partial charge in [0.15, 0.2) is 0 Å². The Hall–Kier alpha value is -2.29. The summed E-state index contributed by atoms with van der Waals surface area (Å²) < 4.78 is 5.71. The third kappa shape index (κ3) is 4.85. The van der Waals surface area contributed by atoms with E-state index in [-0.39, 0.29) is 5.91 Å². The van der Waals surface area contributed by atoms with E-state index in [0.29, 0.717) is 24.0 Å². The molecule has 2 aromatic rings. The highest BCUT2D eigenvalue weighted by Gasteiger charge is 2.13. The lowest BCUT2D eigenvalue weighted by Gasteiger charge is -2.16. The van der Waals surface area contributed by atoms with Gasteiger partial charge in [0.05, 0.1) is 6.61 Å². The Balaban J connectivity index is 2.14. The second-order valence-electron chi connectivity index (χ2n) is 6.58. The number of para-hydroxylation sites is 1. The zero-order valence-electron chi connectivity index (χ0n) is 15.0. The Kier molecular flexibility index (Phi) is 6.42. The lowest BCUT2D eigenvalue weighted by molar-refractivity contribution is 0.102. The Morgan fingerprint density at radius 2 is 1.83 bits per heavy atom. The third-order valence-corrected chi connectivity index (χ3v) is 4.03. The summed E-state index contributed by atoms with van der Waals surface area (Å²) in [5, 5.41) is 3.04. The molecule has 0 heterocycles. The van der Waals surface area contributed by atoms with Crippen LogP contribution in [0, 0.1) is 5.92 Å². The summed E-state index contributed by atoms with van der Waals surface area (Å²) in [4.78, 5) is 12.6. The van der Waals surface area contributed by atoms with Gasteiger partial charge in [-0.25, -0.2) is 0 Å². The maximum Gasteiger partial charge on any atom is 0.255 e. The Labute approximate surface area is 145 Å². The standard InChI is InChI=1S/C21H27NO2/c1-5-16(4)19-11-6-7-12-20(19)22-21(23)17-9-8-10-18(13-17)24-14-15(2)3/h6-13,15-16H,5,14H2,1-4H3,(H,22,23). The molecular weight excluding hydrogens is 298 g/mol. The molecule has 1 N–H and O–H groups in total. The zero-order chi connectivity index (χ0) is 17.5. The summed E-state index contributed by atoms with van der Waals surface area (Å²) in [6, 6.07) is 15.3. The van der Waals surface area contributed by atoms with Crippen molar-refractivity contribution in [1.82, 2.24) is 0 Å². The molecule has 0 aliphatic carbocycles. The van der Waals surface area contributed by atoms with Crippen molar-refractivity contribution in [3.8, 4) is 5.75 Å². The van der Waals surface area contributed by atoms with Crippen molar-refractivity contribution in [3.63, 3.8) is 0 Å². The average Bonchev–Trinajstić information content (AvgIpc) is 2.60. The minimum absolute atomic E-state index is 0.110. The Bertz CT molecular complexity index is 679. The van der Waals surface area contributed by atoms with Crippen molar-refractivity contribution in [2.45, 2.75) is 40.0 Å². The second-order valence-corrected chi connectivity index (χ2v) is 6.58. The normalized spacial score (nSPS) is 12.0. The van der Waals surface area contributed by atoms with Crippen molar-refractivity contribution in [1.29, 1.82) is 0 Å². The molecule has 2 rings (SSSR count). The molecule has 0 fully saturated rings. The number of hydrogen-bond acceptors (Lipinski definition) is 2. The maximum absolute atomic E-state index is 12.6. The van der Waals surface area contributed by atoms with Gasteiger partial charge in [-0.2, -0.15) is 0 Å². The number of ether oxygens (including phenoxy) is 1. The number of carbonyl (C=O) groups is 1. The van der Waals surface area contributed by atoms with Crippen molar-refractivity contribution in [2.75, 3.05) is 11.9 Å². The van der Waals surface area contributed by atoms with Gasteiger partial charge in [-0.15, -0.1) is 0 Å². The van der Waals surface area contributed by atoms with Crippen LogP contribution in [0.1, 0.15) is 56.0 Å². The van der Waals surface area contributed by atoms with Crippen molar-refractivity contribution in [3.05, 3.63) is 59.7 Å². The van der Waals surface area contributed by atoms with Gasteiger partial charge in [0.2, 0.25) is 0 Å². The minimum Gasteiger partial charge on any atom is -0.493 e. The molecule has 0 spiro atoms. The van der Waals surface area contributed by atoms with Crippen LogP contribution in [0.3, 0.4) is 0 Å². The first-order chi connectivity index (χ1) is 11.5. The number of anilines is 1. The predicted molar refractivity (Wildman–Crippen MR) is 99.9 cm³/mol. The van der Waals surface area contributed by atoms with E-state index in [1.807, 2.05) is 36.4 Å². The maximum atomic E-state index is 12.6. The fraction of sp³-hybridized carbons (Fsp3) is 0.381. The first-order valence-electron chi connectivity index (χ1n) is 8.64. The summed E-state index contributed by atoms with van der Waals surface area (Å²) in [6.45, 7) is 9.16. The summed E-state index contributed by atoms with van der Waals surface area (Å²) >= 11 is 0. The quantitative estimate of drug-likeness (QED) is 0.731. The van der Waals surface area contributed by atoms with Crippen LogP contribution in [-0.2, 0) is 0 Å². The molecule has 1 unspecified atom stereocenters. The lowest BCUT2D eigenvalue weighted by atomic mass is 9.97. The fourth-order valence-electron chi connectivity index (χ4n) is 2.44. The number of nitrogens with one attached hydrogen (secondary N) is 1. The van der Waals surface area contributed by atoms with Gasteiger partial charge in [-0.05, 0) is 48.1 Å². The second kappa shape index (κ2) is 8.53. The van der Waals surface area contributed by atoms with Gasteiger partial charge < -0.3 is 10.1 Å². The highest BCUT2D eigenvalue weighted by Crippen LogP contribution is 2.27. The molecule has 3 nitrogen and oxygen atoms in total. The van der Waals surface area contributed by atoms with Crippen LogP contribution in [0.5, 0.6) is 5.75 Å². The SMILES string of the molecule is CCC(C)c1ccccc1NC(=O)c1cccc(OCC(C)C)c1. The van der Waals surface area contributed by atoms with Gasteiger partial charge in [0, 0.05) is 11.3 Å². The van der Waals surface area contributed by atoms with Gasteiger partial charge in [0.1, 0.15) is 5.75 Å². The van der Waals surface area contributed by atoms with E-state index < -0.39 is 0 Å². The van der Waals surface area contributed by atoms with E-state index >= 15 is 0 Å². The van der Waals surface area contributed by atoms with E-state index in [0.717, 1.165) is 17.9 Å². The largest absolute Gasteiger partial charge is 0.493 e. The Morgan fingerprint density at radius 3 is 2.54 bits per heavy atom. The molecule has 0 aromatic heterocycles. The van der Waals surface area contributed by atoms with Crippen molar-refractivity contribution < 1.29 is 9.53 Å². The van der Waals surface area contributed by atoms with E-state index in [9.17, 15) is 4.79 Å². The molecule has 0 saturated heterocycles. The predicted octanol–water partition coefficient (Wildman–Crippen LogP) is 5.49. The monoisotopic (exact) mass is 325 g/mol. The highest BCUT2D eigenvalue weighted by atomic mass is 16.5. The lowest BCUT2D eigenvalue weighted by Crippen LogP contribution is -2.14. The molecule has 0 saturated carbocycles. The molecule has 0 aliphatic heterocycles. The summed E-state index contributed by atoms with van der Waals surface area (Å²) in [5.41, 5.74) is 2.65. The van der Waals surface area contributed by atoms with E-state index in [4.69, 9.17) is 4.74 Å². The highest BCUT2D eigenvalue weighted by molar-refractivity contribution is 6.04. The molecule has 128 valence electrons. The van der Waals surface area contributed by atoms with E-state index in [2.05, 4.69) is 39.1 Å². The molecular formula is C21H27NO2. The van der Waals surface area contributed by atoms with Crippen molar-refractivity contribution >= 4 is 11.6 Å². The molecule has 1 atom stereocenters. The number of benzene rings is 2. The average molecular weight is 325 g/mol.